The van der Waals surface area contributed by atoms with Gasteiger partial charge in [0, 0.05) is 21.5 Å². The van der Waals surface area contributed by atoms with Crippen molar-refractivity contribution in [3.05, 3.63) is 138 Å². The Morgan fingerprint density at radius 1 is 0.396 bits per heavy atom. The Bertz CT molecular complexity index is 2550. The zero-order valence-electron chi connectivity index (χ0n) is 28.7. The second kappa shape index (κ2) is 10.7. The van der Waals surface area contributed by atoms with Gasteiger partial charge in [0.05, 0.1) is 16.6 Å². The number of aromatic nitrogens is 1. The fraction of sp³-hybridized carbons (Fsp3) is 0.191. The summed E-state index contributed by atoms with van der Waals surface area (Å²) in [7, 11) is 0. The Morgan fingerprint density at radius 3 is 1.48 bits per heavy atom. The molecule has 0 saturated carbocycles. The van der Waals surface area contributed by atoms with Crippen LogP contribution < -0.4 is 0 Å². The Hall–Kier alpha value is -5.14. The molecular formula is C47H41N. The van der Waals surface area contributed by atoms with E-state index in [9.17, 15) is 0 Å². The third kappa shape index (κ3) is 4.37. The molecule has 234 valence electrons. The van der Waals surface area contributed by atoms with Gasteiger partial charge in [-0.15, -0.1) is 0 Å². The molecule has 0 aliphatic rings. The van der Waals surface area contributed by atoms with Crippen molar-refractivity contribution in [2.45, 2.75) is 59.3 Å². The van der Waals surface area contributed by atoms with E-state index in [4.69, 9.17) is 0 Å². The topological polar surface area (TPSA) is 4.41 Å². The number of benzene rings is 7. The second-order valence-electron chi connectivity index (χ2n) is 14.8. The van der Waals surface area contributed by atoms with E-state index >= 15 is 0 Å². The van der Waals surface area contributed by atoms with Crippen molar-refractivity contribution in [2.24, 2.45) is 0 Å². The predicted octanol–water partition coefficient (Wildman–Crippen LogP) is 13.8. The zero-order chi connectivity index (χ0) is 32.8. The Kier molecular flexibility index (Phi) is 6.47. The Balaban J connectivity index is 1.40. The monoisotopic (exact) mass is 619 g/mol. The fourth-order valence-electron chi connectivity index (χ4n) is 8.06. The molecule has 2 heterocycles. The molecule has 0 unspecified atom stereocenters. The summed E-state index contributed by atoms with van der Waals surface area (Å²) in [6.45, 7) is 13.7. The van der Waals surface area contributed by atoms with Crippen LogP contribution in [0.2, 0.25) is 0 Å². The lowest BCUT2D eigenvalue weighted by molar-refractivity contribution is 0.869. The summed E-state index contributed by atoms with van der Waals surface area (Å²) in [5, 5.41) is 10.5. The Labute approximate surface area is 282 Å². The summed E-state index contributed by atoms with van der Waals surface area (Å²) in [5.41, 5.74) is 13.2. The largest absolute Gasteiger partial charge is 0.308 e. The highest BCUT2D eigenvalue weighted by atomic mass is 14.9. The number of rotatable bonds is 5. The van der Waals surface area contributed by atoms with Crippen LogP contribution in [0, 0.1) is 0 Å². The first-order valence-electron chi connectivity index (χ1n) is 17.6. The summed E-state index contributed by atoms with van der Waals surface area (Å²) in [5.74, 6) is 1.42. The van der Waals surface area contributed by atoms with Gasteiger partial charge in [0.15, 0.2) is 0 Å². The van der Waals surface area contributed by atoms with Crippen LogP contribution in [0.5, 0.6) is 0 Å². The van der Waals surface area contributed by atoms with Gasteiger partial charge in [0.1, 0.15) is 0 Å². The predicted molar refractivity (Wildman–Crippen MR) is 209 cm³/mol. The highest BCUT2D eigenvalue weighted by Gasteiger charge is 2.21. The molecule has 9 aromatic rings. The highest BCUT2D eigenvalue weighted by Crippen LogP contribution is 2.45. The quantitative estimate of drug-likeness (QED) is 0.181. The van der Waals surface area contributed by atoms with Gasteiger partial charge in [-0.1, -0.05) is 120 Å². The molecule has 0 bridgehead atoms. The first kappa shape index (κ1) is 29.0. The van der Waals surface area contributed by atoms with Crippen molar-refractivity contribution >= 4 is 59.6 Å². The Morgan fingerprint density at radius 2 is 0.958 bits per heavy atom. The molecule has 7 aromatic carbocycles. The number of nitrogens with zero attached hydrogens (tertiary/aromatic N) is 1. The average molecular weight is 620 g/mol. The minimum Gasteiger partial charge on any atom is -0.308 e. The van der Waals surface area contributed by atoms with E-state index in [1.54, 1.807) is 0 Å². The van der Waals surface area contributed by atoms with Crippen molar-refractivity contribution in [3.63, 3.8) is 0 Å². The first-order valence-corrected chi connectivity index (χ1v) is 17.6. The summed E-state index contributed by atoms with van der Waals surface area (Å²) < 4.78 is 2.54. The summed E-state index contributed by atoms with van der Waals surface area (Å²) in [6, 6.07) is 46.6. The van der Waals surface area contributed by atoms with Crippen LogP contribution in [0.15, 0.2) is 121 Å². The van der Waals surface area contributed by atoms with Crippen LogP contribution in [0.4, 0.5) is 0 Å². The lowest BCUT2D eigenvalue weighted by Gasteiger charge is -2.15. The SMILES string of the molecule is CC(C)c1ccc2cc3c(cc2c1)c1cc(-c2ccc(C(C)C)c(-c4ccccc4)c2)cc2c4cc5cc(C(C)C)ccc5cc4n3c12. The molecule has 0 saturated heterocycles. The molecule has 0 atom stereocenters. The van der Waals surface area contributed by atoms with Gasteiger partial charge in [-0.05, 0) is 121 Å². The zero-order valence-corrected chi connectivity index (χ0v) is 28.7. The van der Waals surface area contributed by atoms with Crippen LogP contribution in [0.1, 0.15) is 76.0 Å². The third-order valence-electron chi connectivity index (χ3n) is 10.8. The summed E-state index contributed by atoms with van der Waals surface area (Å²) >= 11 is 0. The molecule has 0 fully saturated rings. The first-order chi connectivity index (χ1) is 23.2. The van der Waals surface area contributed by atoms with E-state index in [0.717, 1.165) is 0 Å². The van der Waals surface area contributed by atoms with Crippen LogP contribution in [-0.4, -0.2) is 4.40 Å². The normalized spacial score (nSPS) is 12.5. The molecule has 0 aliphatic carbocycles. The van der Waals surface area contributed by atoms with Gasteiger partial charge >= 0.3 is 0 Å². The maximum absolute atomic E-state index is 2.54. The second-order valence-corrected chi connectivity index (χ2v) is 14.8. The summed E-state index contributed by atoms with van der Waals surface area (Å²) in [6.07, 6.45) is 0. The molecule has 0 aliphatic heterocycles. The number of hydrogen-bond donors (Lipinski definition) is 0. The molecular weight excluding hydrogens is 579 g/mol. The van der Waals surface area contributed by atoms with E-state index in [0.29, 0.717) is 17.8 Å². The maximum atomic E-state index is 2.54. The van der Waals surface area contributed by atoms with Gasteiger partial charge in [0.2, 0.25) is 0 Å². The standard InChI is InChI=1S/C47H41N/c1-27(2)31-12-14-34-25-45-41(21-36(34)18-31)43-23-38(33-16-17-39(29(5)6)40(20-33)30-10-8-7-9-11-30)24-44-42-22-37-19-32(28(3)4)13-15-35(37)26-46(42)48(45)47(43)44/h7-29H,1-6H3. The van der Waals surface area contributed by atoms with Crippen molar-refractivity contribution in [1.29, 1.82) is 0 Å². The fourth-order valence-corrected chi connectivity index (χ4v) is 8.06. The van der Waals surface area contributed by atoms with Gasteiger partial charge in [-0.3, -0.25) is 0 Å². The van der Waals surface area contributed by atoms with Crippen molar-refractivity contribution < 1.29 is 0 Å². The van der Waals surface area contributed by atoms with Crippen molar-refractivity contribution in [1.82, 2.24) is 4.40 Å². The van der Waals surface area contributed by atoms with E-state index in [-0.39, 0.29) is 0 Å². The third-order valence-corrected chi connectivity index (χ3v) is 10.8. The van der Waals surface area contributed by atoms with Crippen LogP contribution in [0.3, 0.4) is 0 Å². The van der Waals surface area contributed by atoms with Crippen LogP contribution in [-0.2, 0) is 0 Å². The molecule has 2 aromatic heterocycles. The van der Waals surface area contributed by atoms with Crippen LogP contribution >= 0.6 is 0 Å². The molecule has 0 spiro atoms. The molecule has 9 rings (SSSR count). The van der Waals surface area contributed by atoms with Gasteiger partial charge in [-0.25, -0.2) is 0 Å². The lowest BCUT2D eigenvalue weighted by atomic mass is 9.89. The minimum atomic E-state index is 0.437. The molecule has 0 amide bonds. The molecule has 1 heteroatoms. The number of hydrogen-bond acceptors (Lipinski definition) is 0. The van der Waals surface area contributed by atoms with Gasteiger partial charge in [0.25, 0.3) is 0 Å². The maximum Gasteiger partial charge on any atom is 0.0620 e. The van der Waals surface area contributed by atoms with Crippen molar-refractivity contribution in [3.8, 4) is 22.3 Å². The highest BCUT2D eigenvalue weighted by molar-refractivity contribution is 6.27. The van der Waals surface area contributed by atoms with E-state index < -0.39 is 0 Å². The minimum absolute atomic E-state index is 0.437. The molecule has 1 nitrogen and oxygen atoms in total. The molecule has 0 radical (unpaired) electrons. The summed E-state index contributed by atoms with van der Waals surface area (Å²) in [4.78, 5) is 0. The van der Waals surface area contributed by atoms with Crippen molar-refractivity contribution in [2.75, 3.05) is 0 Å². The molecule has 0 N–H and O–H groups in total. The smallest absolute Gasteiger partial charge is 0.0620 e. The van der Waals surface area contributed by atoms with Crippen LogP contribution in [0.25, 0.3) is 81.9 Å². The lowest BCUT2D eigenvalue weighted by Crippen LogP contribution is -1.93. The van der Waals surface area contributed by atoms with E-state index in [2.05, 4.69) is 167 Å². The average Bonchev–Trinajstić information content (AvgIpc) is 3.59. The van der Waals surface area contributed by atoms with E-state index in [1.165, 1.54) is 98.6 Å². The molecule has 48 heavy (non-hydrogen) atoms. The van der Waals surface area contributed by atoms with Gasteiger partial charge in [-0.2, -0.15) is 0 Å². The van der Waals surface area contributed by atoms with Gasteiger partial charge < -0.3 is 4.40 Å². The van der Waals surface area contributed by atoms with E-state index in [1.807, 2.05) is 0 Å². The number of fused-ring (bicyclic) bond motifs is 8.